The van der Waals surface area contributed by atoms with Crippen LogP contribution in [0.15, 0.2) is 22.7 Å². The Bertz CT molecular complexity index is 617. The van der Waals surface area contributed by atoms with E-state index >= 15 is 0 Å². The lowest BCUT2D eigenvalue weighted by Gasteiger charge is -2.23. The van der Waals surface area contributed by atoms with Gasteiger partial charge in [-0.15, -0.1) is 0 Å². The van der Waals surface area contributed by atoms with Crippen molar-refractivity contribution >= 4 is 31.7 Å². The van der Waals surface area contributed by atoms with E-state index < -0.39 is 15.7 Å². The van der Waals surface area contributed by atoms with Crippen LogP contribution in [0, 0.1) is 5.82 Å². The molecule has 104 valence electrons. The van der Waals surface area contributed by atoms with E-state index in [2.05, 4.69) is 15.9 Å². The fourth-order valence-corrected chi connectivity index (χ4v) is 4.29. The van der Waals surface area contributed by atoms with Crippen LogP contribution in [0.5, 0.6) is 0 Å². The summed E-state index contributed by atoms with van der Waals surface area (Å²) in [6.45, 7) is 0. The van der Waals surface area contributed by atoms with Crippen LogP contribution in [0.1, 0.15) is 16.8 Å². The van der Waals surface area contributed by atoms with Crippen LogP contribution < -0.4 is 0 Å². The van der Waals surface area contributed by atoms with Gasteiger partial charge in [0.25, 0.3) is 5.91 Å². The highest BCUT2D eigenvalue weighted by atomic mass is 79.9. The highest BCUT2D eigenvalue weighted by Gasteiger charge is 2.33. The van der Waals surface area contributed by atoms with Crippen molar-refractivity contribution in [2.75, 3.05) is 18.6 Å². The first-order valence-electron chi connectivity index (χ1n) is 5.73. The lowest BCUT2D eigenvalue weighted by Crippen LogP contribution is -2.38. The molecule has 0 saturated carbocycles. The summed E-state index contributed by atoms with van der Waals surface area (Å²) in [6.07, 6.45) is 0.428. The molecule has 0 radical (unpaired) electrons. The number of sulfone groups is 1. The van der Waals surface area contributed by atoms with E-state index in [4.69, 9.17) is 0 Å². The van der Waals surface area contributed by atoms with Crippen LogP contribution in [-0.4, -0.2) is 43.8 Å². The average Bonchev–Trinajstić information content (AvgIpc) is 2.71. The number of carbonyl (C=O) groups is 1. The van der Waals surface area contributed by atoms with Crippen LogP contribution in [-0.2, 0) is 9.84 Å². The minimum absolute atomic E-state index is 0.0256. The fourth-order valence-electron chi connectivity index (χ4n) is 2.10. The third-order valence-corrected chi connectivity index (χ3v) is 5.68. The highest BCUT2D eigenvalue weighted by molar-refractivity contribution is 9.10. The average molecular weight is 350 g/mol. The summed E-state index contributed by atoms with van der Waals surface area (Å²) in [5.74, 6) is -0.811. The molecule has 1 heterocycles. The van der Waals surface area contributed by atoms with Gasteiger partial charge in [0.15, 0.2) is 9.84 Å². The number of nitrogens with zero attached hydrogens (tertiary/aromatic N) is 1. The van der Waals surface area contributed by atoms with Crippen LogP contribution >= 0.6 is 15.9 Å². The maximum atomic E-state index is 13.2. The minimum Gasteiger partial charge on any atom is -0.338 e. The Labute approximate surface area is 119 Å². The number of halogens is 2. The second-order valence-electron chi connectivity index (χ2n) is 4.60. The quantitative estimate of drug-likeness (QED) is 0.818. The van der Waals surface area contributed by atoms with Crippen molar-refractivity contribution in [2.24, 2.45) is 0 Å². The predicted octanol–water partition coefficient (Wildman–Crippen LogP) is 1.85. The molecule has 4 nitrogen and oxygen atoms in total. The zero-order valence-corrected chi connectivity index (χ0v) is 12.7. The highest BCUT2D eigenvalue weighted by Crippen LogP contribution is 2.23. The second-order valence-corrected chi connectivity index (χ2v) is 7.68. The SMILES string of the molecule is CN(C(=O)c1cc(F)ccc1Br)C1CCS(=O)(=O)C1. The smallest absolute Gasteiger partial charge is 0.255 e. The van der Waals surface area contributed by atoms with Crippen molar-refractivity contribution < 1.29 is 17.6 Å². The summed E-state index contributed by atoms with van der Waals surface area (Å²) in [4.78, 5) is 13.6. The van der Waals surface area contributed by atoms with E-state index in [0.717, 1.165) is 6.07 Å². The first-order valence-corrected chi connectivity index (χ1v) is 8.34. The molecule has 1 aromatic carbocycles. The summed E-state index contributed by atoms with van der Waals surface area (Å²) in [6, 6.07) is 3.52. The van der Waals surface area contributed by atoms with E-state index in [0.29, 0.717) is 10.9 Å². The fraction of sp³-hybridized carbons (Fsp3) is 0.417. The largest absolute Gasteiger partial charge is 0.338 e. The van der Waals surface area contributed by atoms with Gasteiger partial charge in [-0.25, -0.2) is 12.8 Å². The molecule has 1 unspecified atom stereocenters. The first kappa shape index (κ1) is 14.5. The number of benzene rings is 1. The molecule has 0 N–H and O–H groups in total. The number of carbonyl (C=O) groups excluding carboxylic acids is 1. The summed E-state index contributed by atoms with van der Waals surface area (Å²) in [7, 11) is -1.51. The van der Waals surface area contributed by atoms with E-state index in [1.165, 1.54) is 17.0 Å². The zero-order chi connectivity index (χ0) is 14.2. The molecule has 1 aliphatic rings. The predicted molar refractivity (Wildman–Crippen MR) is 73.3 cm³/mol. The van der Waals surface area contributed by atoms with Gasteiger partial charge in [-0.05, 0) is 40.5 Å². The van der Waals surface area contributed by atoms with Crippen molar-refractivity contribution in [3.63, 3.8) is 0 Å². The number of amides is 1. The molecular formula is C12H13BrFNO3S. The Balaban J connectivity index is 2.22. The van der Waals surface area contributed by atoms with Crippen LogP contribution in [0.2, 0.25) is 0 Å². The molecule has 1 saturated heterocycles. The number of hydrogen-bond donors (Lipinski definition) is 0. The molecule has 1 fully saturated rings. The molecule has 2 rings (SSSR count). The topological polar surface area (TPSA) is 54.5 Å². The van der Waals surface area contributed by atoms with Crippen LogP contribution in [0.4, 0.5) is 4.39 Å². The van der Waals surface area contributed by atoms with E-state index in [1.54, 1.807) is 7.05 Å². The van der Waals surface area contributed by atoms with Crippen LogP contribution in [0.3, 0.4) is 0 Å². The molecule has 1 amide bonds. The van der Waals surface area contributed by atoms with Gasteiger partial charge >= 0.3 is 0 Å². The standard InChI is InChI=1S/C12H13BrFNO3S/c1-15(9-4-5-19(17,18)7-9)12(16)10-6-8(14)2-3-11(10)13/h2-3,6,9H,4-5,7H2,1H3. The summed E-state index contributed by atoms with van der Waals surface area (Å²) >= 11 is 3.20. The minimum atomic E-state index is -3.05. The Hall–Kier alpha value is -0.950. The molecule has 0 spiro atoms. The van der Waals surface area contributed by atoms with Crippen molar-refractivity contribution in [3.05, 3.63) is 34.1 Å². The normalized spacial score (nSPS) is 21.3. The maximum absolute atomic E-state index is 13.2. The molecule has 0 aliphatic carbocycles. The van der Waals surface area contributed by atoms with E-state index in [1.807, 2.05) is 0 Å². The Morgan fingerprint density at radius 3 is 2.74 bits per heavy atom. The van der Waals surface area contributed by atoms with Gasteiger partial charge in [-0.1, -0.05) is 0 Å². The van der Waals surface area contributed by atoms with Gasteiger partial charge in [-0.2, -0.15) is 0 Å². The molecule has 7 heteroatoms. The van der Waals surface area contributed by atoms with Crippen molar-refractivity contribution in [1.29, 1.82) is 0 Å². The Kier molecular flexibility index (Phi) is 3.96. The summed E-state index contributed by atoms with van der Waals surface area (Å²) in [5, 5.41) is 0. The van der Waals surface area contributed by atoms with Gasteiger partial charge in [0, 0.05) is 17.6 Å². The lowest BCUT2D eigenvalue weighted by molar-refractivity contribution is 0.0746. The van der Waals surface area contributed by atoms with Gasteiger partial charge in [0.05, 0.1) is 17.1 Å². The number of hydrogen-bond acceptors (Lipinski definition) is 3. The van der Waals surface area contributed by atoms with Gasteiger partial charge in [0.2, 0.25) is 0 Å². The van der Waals surface area contributed by atoms with Crippen LogP contribution in [0.25, 0.3) is 0 Å². The van der Waals surface area contributed by atoms with Crippen molar-refractivity contribution in [2.45, 2.75) is 12.5 Å². The van der Waals surface area contributed by atoms with Crippen molar-refractivity contribution in [3.8, 4) is 0 Å². The Morgan fingerprint density at radius 1 is 1.47 bits per heavy atom. The summed E-state index contributed by atoms with van der Waals surface area (Å²) in [5.41, 5.74) is 0.201. The molecule has 0 bridgehead atoms. The second kappa shape index (κ2) is 5.20. The summed E-state index contributed by atoms with van der Waals surface area (Å²) < 4.78 is 36.5. The van der Waals surface area contributed by atoms with Crippen molar-refractivity contribution in [1.82, 2.24) is 4.90 Å². The molecule has 19 heavy (non-hydrogen) atoms. The molecule has 0 aromatic heterocycles. The third-order valence-electron chi connectivity index (χ3n) is 3.24. The molecule has 1 atom stereocenters. The maximum Gasteiger partial charge on any atom is 0.255 e. The molecular weight excluding hydrogens is 337 g/mol. The monoisotopic (exact) mass is 349 g/mol. The third kappa shape index (κ3) is 3.14. The Morgan fingerprint density at radius 2 is 2.16 bits per heavy atom. The van der Waals surface area contributed by atoms with E-state index in [9.17, 15) is 17.6 Å². The number of rotatable bonds is 2. The first-order chi connectivity index (χ1) is 8.80. The molecule has 1 aromatic rings. The zero-order valence-electron chi connectivity index (χ0n) is 10.3. The van der Waals surface area contributed by atoms with Gasteiger partial charge < -0.3 is 4.90 Å². The van der Waals surface area contributed by atoms with Gasteiger partial charge in [0.1, 0.15) is 5.82 Å². The van der Waals surface area contributed by atoms with E-state index in [-0.39, 0.29) is 29.0 Å². The van der Waals surface area contributed by atoms with Gasteiger partial charge in [-0.3, -0.25) is 4.79 Å². The lowest BCUT2D eigenvalue weighted by atomic mass is 10.1. The molecule has 1 aliphatic heterocycles.